The number of rotatable bonds is 6. The third kappa shape index (κ3) is 5.85. The summed E-state index contributed by atoms with van der Waals surface area (Å²) in [6.07, 6.45) is 0.0706. The van der Waals surface area contributed by atoms with E-state index in [0.717, 1.165) is 5.56 Å². The Morgan fingerprint density at radius 2 is 1.53 bits per heavy atom. The van der Waals surface area contributed by atoms with Gasteiger partial charge in [-0.2, -0.15) is 0 Å². The lowest BCUT2D eigenvalue weighted by Gasteiger charge is -2.60. The van der Waals surface area contributed by atoms with Gasteiger partial charge < -0.3 is 23.7 Å². The minimum absolute atomic E-state index is 0.0816. The number of hydrogen-bond donors (Lipinski definition) is 0. The Kier molecular flexibility index (Phi) is 8.59. The monoisotopic (exact) mass is 622 g/mol. The molecule has 1 aliphatic heterocycles. The fourth-order valence-corrected chi connectivity index (χ4v) is 8.38. The highest BCUT2D eigenvalue weighted by Crippen LogP contribution is 2.65. The minimum Gasteiger partial charge on any atom is -0.462 e. The maximum absolute atomic E-state index is 13.6. The van der Waals surface area contributed by atoms with Crippen LogP contribution in [0.3, 0.4) is 0 Å². The van der Waals surface area contributed by atoms with Crippen LogP contribution in [0.5, 0.6) is 0 Å². The van der Waals surface area contributed by atoms with Crippen molar-refractivity contribution in [2.45, 2.75) is 97.7 Å². The van der Waals surface area contributed by atoms with Gasteiger partial charge in [-0.25, -0.2) is 4.79 Å². The normalized spacial score (nSPS) is 35.1. The molecule has 2 saturated carbocycles. The van der Waals surface area contributed by atoms with Gasteiger partial charge in [-0.05, 0) is 48.0 Å². The summed E-state index contributed by atoms with van der Waals surface area (Å²) >= 11 is 0. The van der Waals surface area contributed by atoms with E-state index in [-0.39, 0.29) is 18.8 Å². The van der Waals surface area contributed by atoms with Gasteiger partial charge in [0.25, 0.3) is 0 Å². The molecule has 1 saturated heterocycles. The molecule has 3 fully saturated rings. The summed E-state index contributed by atoms with van der Waals surface area (Å²) < 4.78 is 30.5. The summed E-state index contributed by atoms with van der Waals surface area (Å²) in [7, 11) is 0. The first-order valence-corrected chi connectivity index (χ1v) is 15.5. The number of hydrogen-bond acceptors (Lipinski definition) is 10. The van der Waals surface area contributed by atoms with Gasteiger partial charge in [0.05, 0.1) is 6.61 Å². The van der Waals surface area contributed by atoms with Gasteiger partial charge >= 0.3 is 23.9 Å². The quantitative estimate of drug-likeness (QED) is 0.193. The topological polar surface area (TPSA) is 135 Å². The molecule has 10 heteroatoms. The zero-order valence-electron chi connectivity index (χ0n) is 26.9. The Hall–Kier alpha value is -3.79. The van der Waals surface area contributed by atoms with E-state index in [9.17, 15) is 24.0 Å². The van der Waals surface area contributed by atoms with Crippen molar-refractivity contribution in [2.24, 2.45) is 22.7 Å². The second kappa shape index (κ2) is 11.9. The van der Waals surface area contributed by atoms with Gasteiger partial charge in [0.15, 0.2) is 11.9 Å². The Labute approximate surface area is 263 Å². The molecule has 0 radical (unpaired) electrons. The Morgan fingerprint density at radius 3 is 2.11 bits per heavy atom. The van der Waals surface area contributed by atoms with Crippen molar-refractivity contribution in [1.29, 1.82) is 0 Å². The van der Waals surface area contributed by atoms with Crippen LogP contribution in [0.1, 0.15) is 73.3 Å². The van der Waals surface area contributed by atoms with Crippen molar-refractivity contribution < 1.29 is 47.7 Å². The van der Waals surface area contributed by atoms with Gasteiger partial charge in [-0.1, -0.05) is 51.1 Å². The third-order valence-corrected chi connectivity index (χ3v) is 10.3. The molecule has 45 heavy (non-hydrogen) atoms. The van der Waals surface area contributed by atoms with E-state index in [1.54, 1.807) is 13.0 Å². The highest BCUT2D eigenvalue weighted by Gasteiger charge is 2.74. The van der Waals surface area contributed by atoms with Crippen LogP contribution >= 0.6 is 0 Å². The van der Waals surface area contributed by atoms with Gasteiger partial charge in [0.1, 0.15) is 23.9 Å². The van der Waals surface area contributed by atoms with Crippen LogP contribution < -0.4 is 0 Å². The molecule has 0 N–H and O–H groups in total. The van der Waals surface area contributed by atoms with E-state index >= 15 is 0 Å². The van der Waals surface area contributed by atoms with Crippen molar-refractivity contribution in [3.05, 3.63) is 53.1 Å². The second-order valence-electron chi connectivity index (χ2n) is 13.6. The van der Waals surface area contributed by atoms with Gasteiger partial charge in [-0.3, -0.25) is 19.2 Å². The predicted molar refractivity (Wildman–Crippen MR) is 161 cm³/mol. The van der Waals surface area contributed by atoms with Crippen LogP contribution in [0.25, 0.3) is 6.08 Å². The largest absolute Gasteiger partial charge is 0.462 e. The molecule has 1 unspecified atom stereocenters. The Morgan fingerprint density at radius 1 is 0.911 bits per heavy atom. The SMILES string of the molecule is CC(=O)O[C@H]1[C@@H]2C3(CO3)[C@@H](OC(=O)/C=C/c3ccccc3)CC[C@@]2(C)[C@@H](OC(C)=O)[C@H](OC(C)=O)C2=C(C)C(=O)C[C@@H]1C2(C)C. The van der Waals surface area contributed by atoms with Crippen molar-refractivity contribution in [3.63, 3.8) is 0 Å². The molecule has 3 aliphatic carbocycles. The van der Waals surface area contributed by atoms with E-state index in [1.165, 1.54) is 26.8 Å². The van der Waals surface area contributed by atoms with E-state index in [1.807, 2.05) is 51.1 Å². The maximum atomic E-state index is 13.6. The number of ether oxygens (including phenoxy) is 5. The maximum Gasteiger partial charge on any atom is 0.331 e. The molecule has 1 aromatic rings. The number of carbonyl (C=O) groups excluding carboxylic acids is 5. The molecule has 0 amide bonds. The van der Waals surface area contributed by atoms with E-state index in [2.05, 4.69) is 0 Å². The highest BCUT2D eigenvalue weighted by molar-refractivity contribution is 5.97. The van der Waals surface area contributed by atoms with Crippen molar-refractivity contribution >= 4 is 35.7 Å². The van der Waals surface area contributed by atoms with Crippen molar-refractivity contribution in [2.75, 3.05) is 6.61 Å². The number of fused-ring (bicyclic) bond motifs is 4. The lowest BCUT2D eigenvalue weighted by Crippen LogP contribution is -2.68. The number of allylic oxidation sites excluding steroid dienone is 1. The molecule has 1 spiro atoms. The first kappa shape index (κ1) is 32.6. The average Bonchev–Trinajstić information content (AvgIpc) is 3.73. The van der Waals surface area contributed by atoms with Crippen LogP contribution in [0.4, 0.5) is 0 Å². The number of Topliss-reactive ketones (excluding diaryl/α,β-unsaturated/α-hetero) is 1. The third-order valence-electron chi connectivity index (χ3n) is 10.3. The Balaban J connectivity index is 1.66. The van der Waals surface area contributed by atoms with Crippen LogP contribution in [0.2, 0.25) is 0 Å². The highest BCUT2D eigenvalue weighted by atomic mass is 16.6. The van der Waals surface area contributed by atoms with Crippen LogP contribution in [-0.4, -0.2) is 66.3 Å². The number of esters is 4. The summed E-state index contributed by atoms with van der Waals surface area (Å²) in [5.41, 5.74) is -1.11. The van der Waals surface area contributed by atoms with E-state index in [4.69, 9.17) is 23.7 Å². The summed E-state index contributed by atoms with van der Waals surface area (Å²) in [6.45, 7) is 11.5. The first-order valence-electron chi connectivity index (χ1n) is 15.5. The lowest BCUT2D eigenvalue weighted by molar-refractivity contribution is -0.226. The molecule has 4 aliphatic rings. The number of ketones is 1. The minimum atomic E-state index is -1.10. The zero-order valence-corrected chi connectivity index (χ0v) is 26.9. The zero-order chi connectivity index (χ0) is 32.9. The van der Waals surface area contributed by atoms with E-state index < -0.39 is 76.6 Å². The van der Waals surface area contributed by atoms with Gasteiger partial charge in [-0.15, -0.1) is 0 Å². The fourth-order valence-electron chi connectivity index (χ4n) is 8.38. The first-order chi connectivity index (χ1) is 21.1. The fraction of sp³-hybridized carbons (Fsp3) is 0.571. The molecule has 2 bridgehead atoms. The van der Waals surface area contributed by atoms with E-state index in [0.29, 0.717) is 24.0 Å². The average molecular weight is 623 g/mol. The summed E-state index contributed by atoms with van der Waals surface area (Å²) in [4.78, 5) is 64.9. The summed E-state index contributed by atoms with van der Waals surface area (Å²) in [6, 6.07) is 9.35. The number of carbonyl (C=O) groups is 5. The Bertz CT molecular complexity index is 1450. The molecular formula is C35H42O10. The summed E-state index contributed by atoms with van der Waals surface area (Å²) in [5, 5.41) is 0. The molecule has 8 atom stereocenters. The standard InChI is InChI=1S/C35H42O10/c1-19-25(39)17-24-29(42-20(2)36)31-34(7,32(44-22(4)38)30(43-21(3)37)28(19)33(24,5)6)16-15-26(35(31)18-41-35)45-27(40)14-13-23-11-9-8-10-12-23/h8-14,24,26,29-32H,15-18H2,1-7H3/b14-13+/t24-,26-,29+,30+,31-,32-,34+,35?/m0/s1. The molecule has 242 valence electrons. The molecular weight excluding hydrogens is 580 g/mol. The molecule has 10 nitrogen and oxygen atoms in total. The molecule has 0 aromatic heterocycles. The van der Waals surface area contributed by atoms with Gasteiger partial charge in [0.2, 0.25) is 0 Å². The lowest BCUT2D eigenvalue weighted by atomic mass is 9.48. The van der Waals surface area contributed by atoms with Crippen molar-refractivity contribution in [1.82, 2.24) is 0 Å². The second-order valence-corrected chi connectivity index (χ2v) is 13.6. The van der Waals surface area contributed by atoms with Crippen LogP contribution in [0, 0.1) is 22.7 Å². The number of epoxide rings is 1. The molecule has 1 heterocycles. The van der Waals surface area contributed by atoms with Crippen LogP contribution in [-0.2, 0) is 47.7 Å². The van der Waals surface area contributed by atoms with Crippen LogP contribution in [0.15, 0.2) is 47.6 Å². The smallest absolute Gasteiger partial charge is 0.331 e. The van der Waals surface area contributed by atoms with Crippen molar-refractivity contribution in [3.8, 4) is 0 Å². The predicted octanol–water partition coefficient (Wildman–Crippen LogP) is 4.54. The summed E-state index contributed by atoms with van der Waals surface area (Å²) in [5.74, 6) is -3.70. The molecule has 5 rings (SSSR count). The van der Waals surface area contributed by atoms with Gasteiger partial charge in [0, 0.05) is 50.5 Å². The molecule has 1 aromatic carbocycles. The number of benzene rings is 1.